The van der Waals surface area contributed by atoms with Crippen LogP contribution in [-0.2, 0) is 0 Å². The minimum absolute atomic E-state index is 0.621. The van der Waals surface area contributed by atoms with E-state index in [4.69, 9.17) is 0 Å². The monoisotopic (exact) mass is 546 g/mol. The molecule has 0 amide bonds. The first kappa shape index (κ1) is 36.2. The minimum Gasteiger partial charge on any atom is -0.247 e. The van der Waals surface area contributed by atoms with E-state index in [1.54, 1.807) is 0 Å². The van der Waals surface area contributed by atoms with Crippen molar-refractivity contribution in [2.75, 3.05) is 0 Å². The fourth-order valence-electron chi connectivity index (χ4n) is 6.43. The molecule has 0 aliphatic heterocycles. The SMILES string of the molecule is CCCCCCCCCCCCCC(CCCCCC)c1[nH]cc[n+]1C(C)CCCCCCCCCCCC. The van der Waals surface area contributed by atoms with Crippen LogP contribution in [0.3, 0.4) is 0 Å². The van der Waals surface area contributed by atoms with Gasteiger partial charge in [-0.25, -0.2) is 9.55 Å². The van der Waals surface area contributed by atoms with E-state index in [1.165, 1.54) is 186 Å². The van der Waals surface area contributed by atoms with Gasteiger partial charge in [-0.15, -0.1) is 0 Å². The molecular formula is C37H73N2+. The molecule has 1 rings (SSSR count). The van der Waals surface area contributed by atoms with Gasteiger partial charge in [-0.05, 0) is 32.6 Å². The molecule has 230 valence electrons. The van der Waals surface area contributed by atoms with Crippen LogP contribution in [0.1, 0.15) is 225 Å². The Bertz CT molecular complexity index is 606. The Morgan fingerprint density at radius 1 is 0.487 bits per heavy atom. The summed E-state index contributed by atoms with van der Waals surface area (Å²) in [7, 11) is 0. The van der Waals surface area contributed by atoms with E-state index < -0.39 is 0 Å². The van der Waals surface area contributed by atoms with E-state index in [0.29, 0.717) is 12.0 Å². The third kappa shape index (κ3) is 19.8. The second-order valence-electron chi connectivity index (χ2n) is 12.9. The lowest BCUT2D eigenvalue weighted by Gasteiger charge is -2.17. The fraction of sp³-hybridized carbons (Fsp3) is 0.919. The van der Waals surface area contributed by atoms with Crippen LogP contribution in [0.25, 0.3) is 0 Å². The molecule has 1 heterocycles. The third-order valence-corrected chi connectivity index (χ3v) is 9.14. The molecule has 0 spiro atoms. The quantitative estimate of drug-likeness (QED) is 0.0732. The molecule has 1 aromatic rings. The van der Waals surface area contributed by atoms with Crippen LogP contribution in [0.2, 0.25) is 0 Å². The van der Waals surface area contributed by atoms with Crippen LogP contribution >= 0.6 is 0 Å². The Kier molecular flexibility index (Phi) is 25.4. The minimum atomic E-state index is 0.621. The summed E-state index contributed by atoms with van der Waals surface area (Å²) in [5, 5.41) is 0. The molecule has 0 aliphatic rings. The maximum absolute atomic E-state index is 3.72. The number of aromatic amines is 1. The van der Waals surface area contributed by atoms with Gasteiger partial charge in [0.05, 0.1) is 12.0 Å². The number of rotatable bonds is 30. The molecule has 2 unspecified atom stereocenters. The highest BCUT2D eigenvalue weighted by molar-refractivity contribution is 4.90. The van der Waals surface area contributed by atoms with Gasteiger partial charge in [-0.2, -0.15) is 0 Å². The van der Waals surface area contributed by atoms with Crippen LogP contribution in [0.4, 0.5) is 0 Å². The molecule has 0 aliphatic carbocycles. The first-order valence-electron chi connectivity index (χ1n) is 18.3. The molecule has 39 heavy (non-hydrogen) atoms. The lowest BCUT2D eigenvalue weighted by Crippen LogP contribution is -2.41. The predicted octanol–water partition coefficient (Wildman–Crippen LogP) is 12.9. The van der Waals surface area contributed by atoms with E-state index in [1.807, 2.05) is 0 Å². The highest BCUT2D eigenvalue weighted by Gasteiger charge is 2.25. The second-order valence-corrected chi connectivity index (χ2v) is 12.9. The van der Waals surface area contributed by atoms with Gasteiger partial charge in [0.2, 0.25) is 0 Å². The molecule has 2 atom stereocenters. The number of imidazole rings is 1. The average Bonchev–Trinajstić information content (AvgIpc) is 3.44. The van der Waals surface area contributed by atoms with E-state index in [-0.39, 0.29) is 0 Å². The van der Waals surface area contributed by atoms with E-state index >= 15 is 0 Å². The highest BCUT2D eigenvalue weighted by Crippen LogP contribution is 2.27. The molecule has 0 bridgehead atoms. The smallest absolute Gasteiger partial charge is 0.247 e. The number of aromatic nitrogens is 2. The zero-order chi connectivity index (χ0) is 28.2. The number of hydrogen-bond acceptors (Lipinski definition) is 0. The topological polar surface area (TPSA) is 19.7 Å². The fourth-order valence-corrected chi connectivity index (χ4v) is 6.43. The van der Waals surface area contributed by atoms with Gasteiger partial charge in [0.25, 0.3) is 5.82 Å². The Morgan fingerprint density at radius 2 is 0.821 bits per heavy atom. The Hall–Kier alpha value is -0.790. The second kappa shape index (κ2) is 27.4. The van der Waals surface area contributed by atoms with Crippen molar-refractivity contribution < 1.29 is 4.57 Å². The summed E-state index contributed by atoms with van der Waals surface area (Å²) in [4.78, 5) is 3.72. The molecule has 0 fully saturated rings. The molecule has 2 nitrogen and oxygen atoms in total. The van der Waals surface area contributed by atoms with Crippen LogP contribution < -0.4 is 4.57 Å². The van der Waals surface area contributed by atoms with E-state index in [2.05, 4.69) is 49.6 Å². The van der Waals surface area contributed by atoms with Gasteiger partial charge in [-0.3, -0.25) is 0 Å². The number of unbranched alkanes of at least 4 members (excludes halogenated alkanes) is 22. The average molecular weight is 546 g/mol. The summed E-state index contributed by atoms with van der Waals surface area (Å²) in [5.74, 6) is 2.24. The number of hydrogen-bond donors (Lipinski definition) is 1. The van der Waals surface area contributed by atoms with Crippen molar-refractivity contribution in [1.82, 2.24) is 4.98 Å². The standard InChI is InChI=1S/C37H72N2/c1-5-8-11-14-16-18-20-22-24-26-29-32-36(31-28-13-10-7-3)37-38-33-34-39(37)35(4)30-27-25-23-21-19-17-15-12-9-6-2/h33-36H,5-32H2,1-4H3/p+1. The van der Waals surface area contributed by atoms with Crippen LogP contribution in [0.15, 0.2) is 12.4 Å². The number of nitrogens with zero attached hydrogens (tertiary/aromatic N) is 1. The Morgan fingerprint density at radius 3 is 1.23 bits per heavy atom. The molecule has 0 saturated heterocycles. The molecular weight excluding hydrogens is 472 g/mol. The molecule has 0 saturated carbocycles. The third-order valence-electron chi connectivity index (χ3n) is 9.14. The van der Waals surface area contributed by atoms with Crippen molar-refractivity contribution >= 4 is 0 Å². The zero-order valence-corrected chi connectivity index (χ0v) is 27.6. The lowest BCUT2D eigenvalue weighted by molar-refractivity contribution is -0.727. The molecule has 2 heteroatoms. The van der Waals surface area contributed by atoms with Crippen molar-refractivity contribution in [2.45, 2.75) is 219 Å². The zero-order valence-electron chi connectivity index (χ0n) is 27.6. The van der Waals surface area contributed by atoms with Gasteiger partial charge >= 0.3 is 0 Å². The Labute approximate surface area is 246 Å². The Balaban J connectivity index is 2.35. The van der Waals surface area contributed by atoms with E-state index in [0.717, 1.165) is 0 Å². The van der Waals surface area contributed by atoms with Gasteiger partial charge in [0.1, 0.15) is 12.4 Å². The first-order valence-corrected chi connectivity index (χ1v) is 18.3. The summed E-state index contributed by atoms with van der Waals surface area (Å²) < 4.78 is 2.62. The molecule has 0 radical (unpaired) electrons. The number of H-pyrrole nitrogens is 1. The maximum atomic E-state index is 3.72. The molecule has 0 aromatic carbocycles. The summed E-state index contributed by atoms with van der Waals surface area (Å²) in [5.41, 5.74) is 0. The first-order chi connectivity index (χ1) is 19.2. The van der Waals surface area contributed by atoms with Gasteiger partial charge in [0.15, 0.2) is 0 Å². The molecule has 1 aromatic heterocycles. The summed E-state index contributed by atoms with van der Waals surface area (Å²) >= 11 is 0. The normalized spacial score (nSPS) is 13.2. The van der Waals surface area contributed by atoms with Crippen LogP contribution in [0.5, 0.6) is 0 Å². The maximum Gasteiger partial charge on any atom is 0.257 e. The van der Waals surface area contributed by atoms with Crippen molar-refractivity contribution in [3.63, 3.8) is 0 Å². The van der Waals surface area contributed by atoms with Gasteiger partial charge < -0.3 is 0 Å². The number of nitrogens with one attached hydrogen (secondary N) is 1. The van der Waals surface area contributed by atoms with Crippen molar-refractivity contribution in [1.29, 1.82) is 0 Å². The largest absolute Gasteiger partial charge is 0.257 e. The van der Waals surface area contributed by atoms with Crippen LogP contribution in [0, 0.1) is 0 Å². The summed E-state index contributed by atoms with van der Waals surface area (Å²) in [6.07, 6.45) is 44.2. The van der Waals surface area contributed by atoms with Gasteiger partial charge in [-0.1, -0.05) is 175 Å². The van der Waals surface area contributed by atoms with Crippen molar-refractivity contribution in [3.8, 4) is 0 Å². The lowest BCUT2D eigenvalue weighted by atomic mass is 9.93. The molecule has 1 N–H and O–H groups in total. The summed E-state index contributed by atoms with van der Waals surface area (Å²) in [6.45, 7) is 9.41. The van der Waals surface area contributed by atoms with Gasteiger partial charge in [0, 0.05) is 0 Å². The van der Waals surface area contributed by atoms with Crippen LogP contribution in [-0.4, -0.2) is 4.98 Å². The predicted molar refractivity (Wildman–Crippen MR) is 175 cm³/mol. The van der Waals surface area contributed by atoms with E-state index in [9.17, 15) is 0 Å². The highest BCUT2D eigenvalue weighted by atomic mass is 15.1. The van der Waals surface area contributed by atoms with Crippen molar-refractivity contribution in [2.24, 2.45) is 0 Å². The van der Waals surface area contributed by atoms with Crippen molar-refractivity contribution in [3.05, 3.63) is 18.2 Å². The summed E-state index contributed by atoms with van der Waals surface area (Å²) in [6, 6.07) is 0.621.